The molecule has 1 atom stereocenters. The second-order valence-corrected chi connectivity index (χ2v) is 4.13. The number of hydrogen-bond acceptors (Lipinski definition) is 4. The van der Waals surface area contributed by atoms with Crippen molar-refractivity contribution in [2.75, 3.05) is 33.9 Å². The molecule has 1 unspecified atom stereocenters. The molecule has 1 aliphatic heterocycles. The fourth-order valence-electron chi connectivity index (χ4n) is 2.11. The summed E-state index contributed by atoms with van der Waals surface area (Å²) in [6, 6.07) is 4.00. The molecule has 0 saturated carbocycles. The maximum atomic E-state index is 5.76. The first kappa shape index (κ1) is 12.2. The quantitative estimate of drug-likeness (QED) is 0.868. The molecule has 0 aliphatic carbocycles. The third-order valence-electron chi connectivity index (χ3n) is 3.05. The van der Waals surface area contributed by atoms with E-state index < -0.39 is 0 Å². The van der Waals surface area contributed by atoms with Crippen molar-refractivity contribution in [1.29, 1.82) is 0 Å². The molecule has 0 bridgehead atoms. The van der Waals surface area contributed by atoms with Gasteiger partial charge in [0.25, 0.3) is 0 Å². The van der Waals surface area contributed by atoms with Gasteiger partial charge in [0.05, 0.1) is 26.9 Å². The number of benzene rings is 1. The van der Waals surface area contributed by atoms with Crippen molar-refractivity contribution in [3.8, 4) is 11.5 Å². The molecule has 1 aromatic rings. The first-order valence-corrected chi connectivity index (χ1v) is 5.81. The summed E-state index contributed by atoms with van der Waals surface area (Å²) in [5.41, 5.74) is 2.33. The van der Waals surface area contributed by atoms with Crippen LogP contribution in [0, 0.1) is 6.92 Å². The maximum absolute atomic E-state index is 5.76. The van der Waals surface area contributed by atoms with Crippen molar-refractivity contribution >= 4 is 0 Å². The van der Waals surface area contributed by atoms with Crippen LogP contribution in [-0.2, 0) is 4.74 Å². The van der Waals surface area contributed by atoms with Crippen LogP contribution in [-0.4, -0.2) is 33.9 Å². The lowest BCUT2D eigenvalue weighted by Gasteiger charge is -2.26. The Morgan fingerprint density at radius 1 is 1.24 bits per heavy atom. The lowest BCUT2D eigenvalue weighted by molar-refractivity contribution is 0.0271. The largest absolute Gasteiger partial charge is 0.493 e. The van der Waals surface area contributed by atoms with E-state index in [-0.39, 0.29) is 6.10 Å². The Morgan fingerprint density at radius 2 is 1.94 bits per heavy atom. The predicted molar refractivity (Wildman–Crippen MR) is 65.8 cm³/mol. The Morgan fingerprint density at radius 3 is 2.53 bits per heavy atom. The van der Waals surface area contributed by atoms with Gasteiger partial charge < -0.3 is 19.5 Å². The highest BCUT2D eigenvalue weighted by atomic mass is 16.5. The highest BCUT2D eigenvalue weighted by Gasteiger charge is 2.19. The summed E-state index contributed by atoms with van der Waals surface area (Å²) in [4.78, 5) is 0. The van der Waals surface area contributed by atoms with Crippen molar-refractivity contribution < 1.29 is 14.2 Å². The zero-order valence-electron chi connectivity index (χ0n) is 10.6. The topological polar surface area (TPSA) is 39.7 Å². The van der Waals surface area contributed by atoms with Crippen LogP contribution >= 0.6 is 0 Å². The number of methoxy groups -OCH3 is 2. The minimum absolute atomic E-state index is 0.101. The SMILES string of the molecule is COc1cc(C)c(C2CNCCO2)cc1OC. The molecule has 1 aromatic carbocycles. The summed E-state index contributed by atoms with van der Waals surface area (Å²) < 4.78 is 16.4. The van der Waals surface area contributed by atoms with Crippen LogP contribution in [0.3, 0.4) is 0 Å². The van der Waals surface area contributed by atoms with E-state index in [1.165, 1.54) is 0 Å². The van der Waals surface area contributed by atoms with Gasteiger partial charge >= 0.3 is 0 Å². The molecule has 2 rings (SSSR count). The van der Waals surface area contributed by atoms with Gasteiger partial charge in [0.2, 0.25) is 0 Å². The van der Waals surface area contributed by atoms with Crippen LogP contribution in [0.5, 0.6) is 11.5 Å². The molecule has 0 aromatic heterocycles. The average Bonchev–Trinajstić information content (AvgIpc) is 2.39. The average molecular weight is 237 g/mol. The minimum atomic E-state index is 0.101. The molecule has 0 spiro atoms. The molecular formula is C13H19NO3. The van der Waals surface area contributed by atoms with E-state index in [4.69, 9.17) is 14.2 Å². The van der Waals surface area contributed by atoms with E-state index in [0.29, 0.717) is 0 Å². The fraction of sp³-hybridized carbons (Fsp3) is 0.538. The molecule has 4 heteroatoms. The van der Waals surface area contributed by atoms with Crippen molar-refractivity contribution in [1.82, 2.24) is 5.32 Å². The Kier molecular flexibility index (Phi) is 3.86. The van der Waals surface area contributed by atoms with Crippen molar-refractivity contribution in [2.45, 2.75) is 13.0 Å². The van der Waals surface area contributed by atoms with Gasteiger partial charge in [-0.25, -0.2) is 0 Å². The van der Waals surface area contributed by atoms with Gasteiger partial charge in [-0.2, -0.15) is 0 Å². The number of aryl methyl sites for hydroxylation is 1. The zero-order valence-corrected chi connectivity index (χ0v) is 10.6. The Hall–Kier alpha value is -1.26. The minimum Gasteiger partial charge on any atom is -0.493 e. The van der Waals surface area contributed by atoms with Gasteiger partial charge in [-0.3, -0.25) is 0 Å². The molecule has 1 fully saturated rings. The van der Waals surface area contributed by atoms with E-state index in [1.807, 2.05) is 12.1 Å². The van der Waals surface area contributed by atoms with Crippen LogP contribution in [0.1, 0.15) is 17.2 Å². The molecule has 0 radical (unpaired) electrons. The second kappa shape index (κ2) is 5.38. The summed E-state index contributed by atoms with van der Waals surface area (Å²) in [7, 11) is 3.30. The van der Waals surface area contributed by atoms with Crippen LogP contribution < -0.4 is 14.8 Å². The van der Waals surface area contributed by atoms with Crippen LogP contribution in [0.2, 0.25) is 0 Å². The summed E-state index contributed by atoms with van der Waals surface area (Å²) >= 11 is 0. The summed E-state index contributed by atoms with van der Waals surface area (Å²) in [6.07, 6.45) is 0.101. The standard InChI is InChI=1S/C13H19NO3/c1-9-6-11(15-2)12(16-3)7-10(9)13-8-14-4-5-17-13/h6-7,13-14H,4-5,8H2,1-3H3. The van der Waals surface area contributed by atoms with E-state index in [0.717, 1.165) is 42.3 Å². The van der Waals surface area contributed by atoms with Gasteiger partial charge in [-0.1, -0.05) is 0 Å². The molecule has 0 amide bonds. The third kappa shape index (κ3) is 2.53. The molecule has 1 aliphatic rings. The molecule has 4 nitrogen and oxygen atoms in total. The first-order chi connectivity index (χ1) is 8.26. The summed E-state index contributed by atoms with van der Waals surface area (Å²) in [5.74, 6) is 1.51. The number of rotatable bonds is 3. The fourth-order valence-corrected chi connectivity index (χ4v) is 2.11. The summed E-state index contributed by atoms with van der Waals surface area (Å²) in [6.45, 7) is 4.58. The maximum Gasteiger partial charge on any atom is 0.161 e. The highest BCUT2D eigenvalue weighted by molar-refractivity contribution is 5.47. The normalized spacial score (nSPS) is 20.1. The van der Waals surface area contributed by atoms with E-state index in [9.17, 15) is 0 Å². The van der Waals surface area contributed by atoms with Crippen molar-refractivity contribution in [3.05, 3.63) is 23.3 Å². The third-order valence-corrected chi connectivity index (χ3v) is 3.05. The number of nitrogens with one attached hydrogen (secondary N) is 1. The van der Waals surface area contributed by atoms with Gasteiger partial charge in [0, 0.05) is 13.1 Å². The van der Waals surface area contributed by atoms with Crippen LogP contribution in [0.25, 0.3) is 0 Å². The number of ether oxygens (including phenoxy) is 3. The van der Waals surface area contributed by atoms with Gasteiger partial charge in [-0.15, -0.1) is 0 Å². The number of hydrogen-bond donors (Lipinski definition) is 1. The van der Waals surface area contributed by atoms with Gasteiger partial charge in [-0.05, 0) is 30.2 Å². The van der Waals surface area contributed by atoms with Crippen molar-refractivity contribution in [2.24, 2.45) is 0 Å². The molecule has 1 saturated heterocycles. The van der Waals surface area contributed by atoms with Crippen LogP contribution in [0.4, 0.5) is 0 Å². The molecule has 94 valence electrons. The Bertz CT molecular complexity index is 386. The predicted octanol–water partition coefficient (Wildman–Crippen LogP) is 1.67. The lowest BCUT2D eigenvalue weighted by atomic mass is 10.0. The molecular weight excluding hydrogens is 218 g/mol. The molecule has 1 heterocycles. The van der Waals surface area contributed by atoms with E-state index in [2.05, 4.69) is 12.2 Å². The zero-order chi connectivity index (χ0) is 12.3. The smallest absolute Gasteiger partial charge is 0.161 e. The van der Waals surface area contributed by atoms with E-state index >= 15 is 0 Å². The van der Waals surface area contributed by atoms with E-state index in [1.54, 1.807) is 14.2 Å². The monoisotopic (exact) mass is 237 g/mol. The van der Waals surface area contributed by atoms with Crippen LogP contribution in [0.15, 0.2) is 12.1 Å². The first-order valence-electron chi connectivity index (χ1n) is 5.81. The second-order valence-electron chi connectivity index (χ2n) is 4.13. The highest BCUT2D eigenvalue weighted by Crippen LogP contribution is 2.34. The molecule has 17 heavy (non-hydrogen) atoms. The number of morpholine rings is 1. The van der Waals surface area contributed by atoms with Gasteiger partial charge in [0.15, 0.2) is 11.5 Å². The Labute approximate surface area is 102 Å². The van der Waals surface area contributed by atoms with Crippen molar-refractivity contribution in [3.63, 3.8) is 0 Å². The Balaban J connectivity index is 2.32. The summed E-state index contributed by atoms with van der Waals surface area (Å²) in [5, 5.41) is 3.33. The lowest BCUT2D eigenvalue weighted by Crippen LogP contribution is -2.33. The van der Waals surface area contributed by atoms with Gasteiger partial charge in [0.1, 0.15) is 0 Å². The molecule has 1 N–H and O–H groups in total.